The van der Waals surface area contributed by atoms with Crippen LogP contribution >= 0.6 is 0 Å². The van der Waals surface area contributed by atoms with Crippen LogP contribution in [0.1, 0.15) is 26.7 Å². The molecule has 2 nitrogen and oxygen atoms in total. The molecule has 0 spiro atoms. The predicted molar refractivity (Wildman–Crippen MR) is 46.5 cm³/mol. The highest BCUT2D eigenvalue weighted by molar-refractivity contribution is 4.70. The van der Waals surface area contributed by atoms with E-state index in [0.717, 1.165) is 12.5 Å². The van der Waals surface area contributed by atoms with Gasteiger partial charge in [0.05, 0.1) is 6.10 Å². The lowest BCUT2D eigenvalue weighted by Crippen LogP contribution is -2.38. The average molecular weight is 157 g/mol. The molecule has 1 aliphatic rings. The number of hydrogen-bond donors (Lipinski definition) is 1. The molecule has 1 N–H and O–H groups in total. The minimum atomic E-state index is -0.166. The summed E-state index contributed by atoms with van der Waals surface area (Å²) < 4.78 is 0. The molecule has 0 aliphatic carbocycles. The van der Waals surface area contributed by atoms with Gasteiger partial charge in [0.1, 0.15) is 0 Å². The third-order valence-electron chi connectivity index (χ3n) is 2.26. The van der Waals surface area contributed by atoms with Gasteiger partial charge < -0.3 is 10.0 Å². The quantitative estimate of drug-likeness (QED) is 0.649. The molecule has 0 saturated carbocycles. The Morgan fingerprint density at radius 3 is 2.91 bits per heavy atom. The molecule has 1 fully saturated rings. The molecule has 1 rings (SSSR count). The number of hydrogen-bond acceptors (Lipinski definition) is 2. The van der Waals surface area contributed by atoms with E-state index in [1.807, 2.05) is 6.92 Å². The summed E-state index contributed by atoms with van der Waals surface area (Å²) in [6.45, 7) is 7.35. The largest absolute Gasteiger partial charge is 0.392 e. The number of piperidine rings is 1. The topological polar surface area (TPSA) is 23.5 Å². The van der Waals surface area contributed by atoms with Gasteiger partial charge in [0.25, 0.3) is 0 Å². The maximum Gasteiger partial charge on any atom is 0.0639 e. The lowest BCUT2D eigenvalue weighted by atomic mass is 10.0. The van der Waals surface area contributed by atoms with Gasteiger partial charge in [0.15, 0.2) is 0 Å². The molecule has 0 aromatic rings. The van der Waals surface area contributed by atoms with Crippen LogP contribution in [-0.4, -0.2) is 35.7 Å². The molecule has 11 heavy (non-hydrogen) atoms. The second-order valence-electron chi connectivity index (χ2n) is 3.86. The summed E-state index contributed by atoms with van der Waals surface area (Å²) in [4.78, 5) is 2.36. The molecular weight excluding hydrogens is 138 g/mol. The molecule has 2 heteroatoms. The molecule has 1 aliphatic heterocycles. The first-order valence-electron chi connectivity index (χ1n) is 4.59. The van der Waals surface area contributed by atoms with Gasteiger partial charge in [0.2, 0.25) is 0 Å². The fourth-order valence-corrected chi connectivity index (χ4v) is 1.83. The molecule has 1 unspecified atom stereocenters. The van der Waals surface area contributed by atoms with E-state index in [2.05, 4.69) is 11.8 Å². The third-order valence-corrected chi connectivity index (χ3v) is 2.26. The van der Waals surface area contributed by atoms with Gasteiger partial charge in [0, 0.05) is 13.1 Å². The second-order valence-corrected chi connectivity index (χ2v) is 3.86. The maximum absolute atomic E-state index is 9.15. The highest BCUT2D eigenvalue weighted by Gasteiger charge is 2.16. The first-order chi connectivity index (χ1) is 5.18. The summed E-state index contributed by atoms with van der Waals surface area (Å²) >= 11 is 0. The lowest BCUT2D eigenvalue weighted by molar-refractivity contribution is 0.0984. The van der Waals surface area contributed by atoms with Gasteiger partial charge in [-0.2, -0.15) is 0 Å². The standard InChI is InChI=1S/C9H19NO/c1-8-4-3-5-10(6-8)7-9(2)11/h8-9,11H,3-7H2,1-2H3/t8?,9-/m1/s1. The zero-order chi connectivity index (χ0) is 8.27. The number of β-amino-alcohol motifs (C(OH)–C–C–N with tert-alkyl or cyclic N) is 1. The molecule has 0 bridgehead atoms. The zero-order valence-electron chi connectivity index (χ0n) is 7.58. The van der Waals surface area contributed by atoms with Gasteiger partial charge >= 0.3 is 0 Å². The Bertz CT molecular complexity index is 112. The maximum atomic E-state index is 9.15. The summed E-state index contributed by atoms with van der Waals surface area (Å²) in [5, 5.41) is 9.15. The summed E-state index contributed by atoms with van der Waals surface area (Å²) in [6, 6.07) is 0. The van der Waals surface area contributed by atoms with Crippen LogP contribution in [-0.2, 0) is 0 Å². The fourth-order valence-electron chi connectivity index (χ4n) is 1.83. The van der Waals surface area contributed by atoms with Crippen molar-refractivity contribution in [2.75, 3.05) is 19.6 Å². The van der Waals surface area contributed by atoms with Crippen molar-refractivity contribution in [2.45, 2.75) is 32.8 Å². The number of nitrogens with zero attached hydrogens (tertiary/aromatic N) is 1. The van der Waals surface area contributed by atoms with Crippen molar-refractivity contribution in [3.8, 4) is 0 Å². The SMILES string of the molecule is CC1CCCN(C[C@@H](C)O)C1. The van der Waals surface area contributed by atoms with Gasteiger partial charge in [-0.3, -0.25) is 0 Å². The van der Waals surface area contributed by atoms with Crippen molar-refractivity contribution < 1.29 is 5.11 Å². The van der Waals surface area contributed by atoms with Crippen molar-refractivity contribution in [3.05, 3.63) is 0 Å². The average Bonchev–Trinajstić information content (AvgIpc) is 1.85. The van der Waals surface area contributed by atoms with Crippen LogP contribution in [0.3, 0.4) is 0 Å². The predicted octanol–water partition coefficient (Wildman–Crippen LogP) is 1.10. The normalized spacial score (nSPS) is 30.3. The lowest BCUT2D eigenvalue weighted by Gasteiger charge is -2.31. The van der Waals surface area contributed by atoms with Crippen LogP contribution < -0.4 is 0 Å². The Morgan fingerprint density at radius 2 is 2.36 bits per heavy atom. The first kappa shape index (κ1) is 9.01. The molecule has 0 aromatic heterocycles. The Morgan fingerprint density at radius 1 is 1.64 bits per heavy atom. The van der Waals surface area contributed by atoms with Crippen LogP contribution in [0.4, 0.5) is 0 Å². The fraction of sp³-hybridized carbons (Fsp3) is 1.00. The molecular formula is C9H19NO. The van der Waals surface area contributed by atoms with Gasteiger partial charge in [-0.25, -0.2) is 0 Å². The molecule has 1 heterocycles. The summed E-state index contributed by atoms with van der Waals surface area (Å²) in [7, 11) is 0. The molecule has 1 saturated heterocycles. The summed E-state index contributed by atoms with van der Waals surface area (Å²) in [6.07, 6.45) is 2.49. The van der Waals surface area contributed by atoms with E-state index < -0.39 is 0 Å². The van der Waals surface area contributed by atoms with Crippen molar-refractivity contribution >= 4 is 0 Å². The minimum absolute atomic E-state index is 0.166. The monoisotopic (exact) mass is 157 g/mol. The third kappa shape index (κ3) is 3.21. The van der Waals surface area contributed by atoms with E-state index in [1.165, 1.54) is 25.9 Å². The van der Waals surface area contributed by atoms with Crippen molar-refractivity contribution in [1.29, 1.82) is 0 Å². The Hall–Kier alpha value is -0.0800. The van der Waals surface area contributed by atoms with E-state index in [0.29, 0.717) is 0 Å². The number of likely N-dealkylation sites (tertiary alicyclic amines) is 1. The van der Waals surface area contributed by atoms with E-state index >= 15 is 0 Å². The Labute approximate surface area is 69.2 Å². The summed E-state index contributed by atoms with van der Waals surface area (Å²) in [5.41, 5.74) is 0. The number of aliphatic hydroxyl groups is 1. The van der Waals surface area contributed by atoms with Crippen LogP contribution in [0, 0.1) is 5.92 Å². The Kier molecular flexibility index (Phi) is 3.34. The minimum Gasteiger partial charge on any atom is -0.392 e. The van der Waals surface area contributed by atoms with E-state index in [9.17, 15) is 0 Å². The second kappa shape index (κ2) is 4.07. The highest BCUT2D eigenvalue weighted by atomic mass is 16.3. The van der Waals surface area contributed by atoms with Crippen LogP contribution in [0.15, 0.2) is 0 Å². The highest BCUT2D eigenvalue weighted by Crippen LogP contribution is 2.15. The summed E-state index contributed by atoms with van der Waals surface area (Å²) in [5.74, 6) is 0.822. The molecule has 0 amide bonds. The van der Waals surface area contributed by atoms with Crippen LogP contribution in [0.5, 0.6) is 0 Å². The van der Waals surface area contributed by atoms with Crippen molar-refractivity contribution in [3.63, 3.8) is 0 Å². The van der Waals surface area contributed by atoms with E-state index in [-0.39, 0.29) is 6.10 Å². The van der Waals surface area contributed by atoms with E-state index in [1.54, 1.807) is 0 Å². The molecule has 0 aromatic carbocycles. The molecule has 0 radical (unpaired) electrons. The van der Waals surface area contributed by atoms with Gasteiger partial charge in [-0.1, -0.05) is 6.92 Å². The molecule has 66 valence electrons. The number of aliphatic hydroxyl groups excluding tert-OH is 1. The van der Waals surface area contributed by atoms with Crippen molar-refractivity contribution in [1.82, 2.24) is 4.90 Å². The first-order valence-corrected chi connectivity index (χ1v) is 4.59. The Balaban J connectivity index is 2.23. The zero-order valence-corrected chi connectivity index (χ0v) is 7.58. The number of rotatable bonds is 2. The van der Waals surface area contributed by atoms with Gasteiger partial charge in [-0.05, 0) is 32.2 Å². The van der Waals surface area contributed by atoms with E-state index in [4.69, 9.17) is 5.11 Å². The van der Waals surface area contributed by atoms with Crippen LogP contribution in [0.2, 0.25) is 0 Å². The van der Waals surface area contributed by atoms with Gasteiger partial charge in [-0.15, -0.1) is 0 Å². The smallest absolute Gasteiger partial charge is 0.0639 e. The van der Waals surface area contributed by atoms with Crippen LogP contribution in [0.25, 0.3) is 0 Å². The van der Waals surface area contributed by atoms with Crippen molar-refractivity contribution in [2.24, 2.45) is 5.92 Å². The molecule has 2 atom stereocenters.